The maximum Gasteiger partial charge on any atom is 0.183 e. The molecule has 1 heterocycles. The first-order chi connectivity index (χ1) is 10.8. The van der Waals surface area contributed by atoms with Crippen LogP contribution in [-0.2, 0) is 9.47 Å². The second-order valence-corrected chi connectivity index (χ2v) is 6.36. The van der Waals surface area contributed by atoms with Crippen LogP contribution in [0.2, 0.25) is 0 Å². The van der Waals surface area contributed by atoms with Crippen molar-refractivity contribution >= 4 is 0 Å². The zero-order chi connectivity index (χ0) is 17.3. The van der Waals surface area contributed by atoms with Gasteiger partial charge in [0.25, 0.3) is 0 Å². The van der Waals surface area contributed by atoms with Gasteiger partial charge >= 0.3 is 0 Å². The summed E-state index contributed by atoms with van der Waals surface area (Å²) in [7, 11) is 1.42. The summed E-state index contributed by atoms with van der Waals surface area (Å²) >= 11 is 0. The molecule has 10 unspecified atom stereocenters. The lowest BCUT2D eigenvalue weighted by atomic mass is 9.77. The summed E-state index contributed by atoms with van der Waals surface area (Å²) in [6.07, 6.45) is -7.35. The second-order valence-electron chi connectivity index (χ2n) is 6.36. The fourth-order valence-corrected chi connectivity index (χ4v) is 3.37. The van der Waals surface area contributed by atoms with Gasteiger partial charge in [0, 0.05) is 19.1 Å². The molecular weight excluding hydrogens is 310 g/mol. The Morgan fingerprint density at radius 3 is 2.26 bits per heavy atom. The highest BCUT2D eigenvalue weighted by atomic mass is 16.7. The Morgan fingerprint density at radius 2 is 1.70 bits per heavy atom. The molecule has 0 amide bonds. The molecule has 1 saturated heterocycles. The standard InChI is InChI=1S/C14H27NO8/c1-5-7(3-8(17)14(22-2)23-5)15-9-10(18)6(4-16)11(19)13(21)12(9)20/h5-21H,3-4H2,1-2H3. The van der Waals surface area contributed by atoms with Crippen LogP contribution in [0.1, 0.15) is 13.3 Å². The number of aliphatic hydroxyl groups excluding tert-OH is 6. The van der Waals surface area contributed by atoms with Crippen LogP contribution < -0.4 is 5.32 Å². The third-order valence-electron chi connectivity index (χ3n) is 4.89. The Balaban J connectivity index is 2.08. The first-order valence-electron chi connectivity index (χ1n) is 7.77. The molecule has 1 aliphatic carbocycles. The number of aliphatic hydroxyl groups is 6. The lowest BCUT2D eigenvalue weighted by molar-refractivity contribution is -0.237. The van der Waals surface area contributed by atoms with Gasteiger partial charge in [0.1, 0.15) is 18.3 Å². The number of ether oxygens (including phenoxy) is 2. The van der Waals surface area contributed by atoms with Crippen molar-refractivity contribution in [3.63, 3.8) is 0 Å². The predicted molar refractivity (Wildman–Crippen MR) is 77.3 cm³/mol. The van der Waals surface area contributed by atoms with E-state index in [-0.39, 0.29) is 12.5 Å². The summed E-state index contributed by atoms with van der Waals surface area (Å²) in [5.74, 6) is -0.984. The molecule has 2 rings (SSSR count). The number of hydrogen-bond acceptors (Lipinski definition) is 9. The van der Waals surface area contributed by atoms with E-state index in [0.29, 0.717) is 0 Å². The fraction of sp³-hybridized carbons (Fsp3) is 1.00. The molecule has 0 bridgehead atoms. The molecule has 9 nitrogen and oxygen atoms in total. The Hall–Kier alpha value is -0.360. The predicted octanol–water partition coefficient (Wildman–Crippen LogP) is -3.48. The zero-order valence-electron chi connectivity index (χ0n) is 13.2. The maximum atomic E-state index is 10.3. The third kappa shape index (κ3) is 3.68. The molecule has 0 aromatic rings. The van der Waals surface area contributed by atoms with Crippen LogP contribution in [0.15, 0.2) is 0 Å². The van der Waals surface area contributed by atoms with Crippen LogP contribution >= 0.6 is 0 Å². The van der Waals surface area contributed by atoms with Crippen molar-refractivity contribution < 1.29 is 40.1 Å². The third-order valence-corrected chi connectivity index (χ3v) is 4.89. The topological polar surface area (TPSA) is 152 Å². The zero-order valence-corrected chi connectivity index (χ0v) is 13.2. The van der Waals surface area contributed by atoms with E-state index in [4.69, 9.17) is 9.47 Å². The minimum atomic E-state index is -1.50. The van der Waals surface area contributed by atoms with Crippen LogP contribution in [0.3, 0.4) is 0 Å². The van der Waals surface area contributed by atoms with Gasteiger partial charge in [0.15, 0.2) is 6.29 Å². The van der Waals surface area contributed by atoms with Crippen LogP contribution in [0.5, 0.6) is 0 Å². The van der Waals surface area contributed by atoms with Gasteiger partial charge in [-0.2, -0.15) is 0 Å². The van der Waals surface area contributed by atoms with Crippen molar-refractivity contribution in [3.05, 3.63) is 0 Å². The summed E-state index contributed by atoms with van der Waals surface area (Å²) in [6, 6.07) is -1.39. The Kier molecular flexibility index (Phi) is 6.34. The van der Waals surface area contributed by atoms with Crippen molar-refractivity contribution in [1.29, 1.82) is 0 Å². The van der Waals surface area contributed by atoms with Gasteiger partial charge in [-0.1, -0.05) is 0 Å². The SMILES string of the molecule is COC1OC(C)C(NC2C(O)C(O)C(O)C(CO)C2O)CC1O. The highest BCUT2D eigenvalue weighted by Gasteiger charge is 2.49. The summed E-state index contributed by atoms with van der Waals surface area (Å²) in [6.45, 7) is 1.22. The molecule has 0 radical (unpaired) electrons. The minimum absolute atomic E-state index is 0.262. The van der Waals surface area contributed by atoms with Gasteiger partial charge in [-0.15, -0.1) is 0 Å². The van der Waals surface area contributed by atoms with Gasteiger partial charge in [-0.25, -0.2) is 0 Å². The monoisotopic (exact) mass is 337 g/mol. The molecule has 10 atom stereocenters. The molecule has 9 heteroatoms. The number of rotatable bonds is 4. The van der Waals surface area contributed by atoms with E-state index in [1.54, 1.807) is 6.92 Å². The van der Waals surface area contributed by atoms with Crippen LogP contribution in [0.25, 0.3) is 0 Å². The summed E-state index contributed by atoms with van der Waals surface area (Å²) < 4.78 is 10.5. The highest BCUT2D eigenvalue weighted by molar-refractivity contribution is 5.03. The Bertz CT molecular complexity index is 386. The molecule has 7 N–H and O–H groups in total. The maximum absolute atomic E-state index is 10.3. The van der Waals surface area contributed by atoms with Gasteiger partial charge < -0.3 is 45.4 Å². The van der Waals surface area contributed by atoms with Gasteiger partial charge in [0.2, 0.25) is 0 Å². The first kappa shape index (κ1) is 19.0. The molecular formula is C14H27NO8. The average molecular weight is 337 g/mol. The van der Waals surface area contributed by atoms with Crippen LogP contribution in [0.4, 0.5) is 0 Å². The first-order valence-corrected chi connectivity index (χ1v) is 7.77. The highest BCUT2D eigenvalue weighted by Crippen LogP contribution is 2.28. The van der Waals surface area contributed by atoms with Crippen molar-refractivity contribution in [2.75, 3.05) is 13.7 Å². The molecule has 2 aliphatic rings. The quantitative estimate of drug-likeness (QED) is 0.277. The van der Waals surface area contributed by atoms with Crippen molar-refractivity contribution in [3.8, 4) is 0 Å². The van der Waals surface area contributed by atoms with E-state index in [2.05, 4.69) is 5.32 Å². The van der Waals surface area contributed by atoms with E-state index in [9.17, 15) is 30.6 Å². The van der Waals surface area contributed by atoms with Crippen molar-refractivity contribution in [1.82, 2.24) is 5.32 Å². The normalized spacial score (nSPS) is 51.7. The van der Waals surface area contributed by atoms with Gasteiger partial charge in [-0.05, 0) is 13.3 Å². The molecule has 2 fully saturated rings. The fourth-order valence-electron chi connectivity index (χ4n) is 3.37. The number of nitrogens with one attached hydrogen (secondary N) is 1. The molecule has 23 heavy (non-hydrogen) atoms. The molecule has 0 spiro atoms. The van der Waals surface area contributed by atoms with E-state index >= 15 is 0 Å². The minimum Gasteiger partial charge on any atom is -0.396 e. The number of hydrogen-bond donors (Lipinski definition) is 7. The lowest BCUT2D eigenvalue weighted by Gasteiger charge is -2.47. The molecule has 1 saturated carbocycles. The van der Waals surface area contributed by atoms with Gasteiger partial charge in [0.05, 0.1) is 31.0 Å². The van der Waals surface area contributed by atoms with Crippen LogP contribution in [-0.4, -0.2) is 99.4 Å². The molecule has 0 aromatic carbocycles. The summed E-state index contributed by atoms with van der Waals surface area (Å²) in [5.41, 5.74) is 0. The van der Waals surface area contributed by atoms with Crippen molar-refractivity contribution in [2.24, 2.45) is 5.92 Å². The van der Waals surface area contributed by atoms with Gasteiger partial charge in [-0.3, -0.25) is 0 Å². The summed E-state index contributed by atoms with van der Waals surface area (Å²) in [4.78, 5) is 0. The number of methoxy groups -OCH3 is 1. The molecule has 0 aromatic heterocycles. The van der Waals surface area contributed by atoms with E-state index in [1.807, 2.05) is 0 Å². The summed E-state index contributed by atoms with van der Waals surface area (Å²) in [5, 5.41) is 62.4. The molecule has 136 valence electrons. The lowest BCUT2D eigenvalue weighted by Crippen LogP contribution is -2.69. The van der Waals surface area contributed by atoms with E-state index in [0.717, 1.165) is 0 Å². The van der Waals surface area contributed by atoms with E-state index in [1.165, 1.54) is 7.11 Å². The molecule has 1 aliphatic heterocycles. The van der Waals surface area contributed by atoms with E-state index < -0.39 is 61.4 Å². The Morgan fingerprint density at radius 1 is 1.04 bits per heavy atom. The van der Waals surface area contributed by atoms with Crippen molar-refractivity contribution in [2.45, 2.75) is 68.3 Å². The van der Waals surface area contributed by atoms with Crippen LogP contribution in [0, 0.1) is 5.92 Å². The average Bonchev–Trinajstić information content (AvgIpc) is 2.52. The largest absolute Gasteiger partial charge is 0.396 e. The second kappa shape index (κ2) is 7.68. The smallest absolute Gasteiger partial charge is 0.183 e. The Labute approximate surface area is 134 Å².